The molecule has 0 unspecified atom stereocenters. The molecule has 0 spiro atoms. The molecule has 3 amide bonds. The molecule has 3 rings (SSSR count). The first-order valence-corrected chi connectivity index (χ1v) is 13.6. The largest absolute Gasteiger partial charge is 0.344 e. The van der Waals surface area contributed by atoms with Crippen molar-refractivity contribution in [2.45, 2.75) is 84.3 Å². The van der Waals surface area contributed by atoms with E-state index in [1.54, 1.807) is 4.90 Å². The first kappa shape index (κ1) is 30.0. The second-order valence-corrected chi connectivity index (χ2v) is 11.8. The molecule has 2 aliphatic rings. The molecule has 38 heavy (non-hydrogen) atoms. The fourth-order valence-corrected chi connectivity index (χ4v) is 5.50. The highest BCUT2D eigenvalue weighted by Crippen LogP contribution is 2.31. The maximum atomic E-state index is 13.9. The number of hydrogen-bond donors (Lipinski definition) is 3. The summed E-state index contributed by atoms with van der Waals surface area (Å²) in [4.78, 5) is 39.7. The van der Waals surface area contributed by atoms with Gasteiger partial charge >= 0.3 is 0 Å². The lowest BCUT2D eigenvalue weighted by Gasteiger charge is -2.39. The summed E-state index contributed by atoms with van der Waals surface area (Å²) < 4.78 is 27.1. The second-order valence-electron chi connectivity index (χ2n) is 11.8. The van der Waals surface area contributed by atoms with E-state index in [4.69, 9.17) is 0 Å². The smallest absolute Gasteiger partial charge is 0.245 e. The van der Waals surface area contributed by atoms with Gasteiger partial charge in [-0.2, -0.15) is 0 Å². The fraction of sp³-hybridized carbons (Fsp3) is 0.679. The van der Waals surface area contributed by atoms with Gasteiger partial charge in [-0.25, -0.2) is 13.8 Å². The van der Waals surface area contributed by atoms with Crippen molar-refractivity contribution in [3.8, 4) is 0 Å². The molecule has 1 aliphatic carbocycles. The number of nitrogens with zero attached hydrogens (tertiary/aromatic N) is 2. The van der Waals surface area contributed by atoms with Crippen LogP contribution in [0.25, 0.3) is 0 Å². The highest BCUT2D eigenvalue weighted by molar-refractivity contribution is 5.89. The number of hydrogen-bond acceptors (Lipinski definition) is 5. The molecule has 0 aromatic heterocycles. The van der Waals surface area contributed by atoms with Gasteiger partial charge in [0.2, 0.25) is 18.2 Å². The average molecular weight is 537 g/mol. The Kier molecular flexibility index (Phi) is 10.6. The standard InChI is InChI=1S/C28H42F2N4O4/c1-28(2,3)25(32-26(36)21(17-34(38)18-35)14-19-6-4-5-7-19)27(37)33-12-10-23(11-13-33)31-16-20-8-9-22(29)15-24(20)30/h8-9,15,18-19,21,23,25,31,38H,4-7,10-14,16-17H2,1-3H3,(H,32,36)/t21-,25-/m0/s1. The minimum Gasteiger partial charge on any atom is -0.344 e. The van der Waals surface area contributed by atoms with Crippen LogP contribution in [0.5, 0.6) is 0 Å². The van der Waals surface area contributed by atoms with Crippen LogP contribution in [0.15, 0.2) is 18.2 Å². The molecule has 10 heteroatoms. The van der Waals surface area contributed by atoms with E-state index in [-0.39, 0.29) is 30.9 Å². The van der Waals surface area contributed by atoms with E-state index < -0.39 is 29.0 Å². The molecule has 3 N–H and O–H groups in total. The predicted molar refractivity (Wildman–Crippen MR) is 139 cm³/mol. The van der Waals surface area contributed by atoms with Gasteiger partial charge in [-0.1, -0.05) is 52.5 Å². The Balaban J connectivity index is 1.58. The topological polar surface area (TPSA) is 102 Å². The quantitative estimate of drug-likeness (QED) is 0.228. The summed E-state index contributed by atoms with van der Waals surface area (Å²) in [5.41, 5.74) is -0.160. The Morgan fingerprint density at radius 1 is 1.16 bits per heavy atom. The van der Waals surface area contributed by atoms with Crippen LogP contribution in [0.3, 0.4) is 0 Å². The van der Waals surface area contributed by atoms with E-state index in [2.05, 4.69) is 10.6 Å². The summed E-state index contributed by atoms with van der Waals surface area (Å²) in [6, 6.07) is 2.85. The molecule has 8 nitrogen and oxygen atoms in total. The van der Waals surface area contributed by atoms with Gasteiger partial charge in [0.25, 0.3) is 0 Å². The third-order valence-corrected chi connectivity index (χ3v) is 7.80. The van der Waals surface area contributed by atoms with Crippen LogP contribution < -0.4 is 10.6 Å². The third-order valence-electron chi connectivity index (χ3n) is 7.80. The predicted octanol–water partition coefficient (Wildman–Crippen LogP) is 3.62. The van der Waals surface area contributed by atoms with E-state index >= 15 is 0 Å². The van der Waals surface area contributed by atoms with Gasteiger partial charge in [-0.05, 0) is 36.7 Å². The summed E-state index contributed by atoms with van der Waals surface area (Å²) >= 11 is 0. The number of rotatable bonds is 11. The van der Waals surface area contributed by atoms with E-state index in [9.17, 15) is 28.4 Å². The zero-order valence-corrected chi connectivity index (χ0v) is 22.7. The molecule has 212 valence electrons. The SMILES string of the molecule is CC(C)(C)[C@@H](NC(=O)[C@@H](CC1CCCC1)CN(O)C=O)C(=O)N1CCC(NCc2ccc(F)cc2F)CC1. The van der Waals surface area contributed by atoms with Crippen molar-refractivity contribution in [3.63, 3.8) is 0 Å². The second kappa shape index (κ2) is 13.5. The van der Waals surface area contributed by atoms with E-state index in [0.29, 0.717) is 55.3 Å². The van der Waals surface area contributed by atoms with Crippen LogP contribution in [-0.4, -0.2) is 65.1 Å². The molecule has 1 aromatic carbocycles. The van der Waals surface area contributed by atoms with E-state index in [1.165, 1.54) is 12.1 Å². The maximum absolute atomic E-state index is 13.9. The van der Waals surface area contributed by atoms with Crippen molar-refractivity contribution in [3.05, 3.63) is 35.4 Å². The van der Waals surface area contributed by atoms with Crippen LogP contribution in [0.2, 0.25) is 0 Å². The minimum atomic E-state index is -0.762. The molecular formula is C28H42F2N4O4. The zero-order valence-electron chi connectivity index (χ0n) is 22.7. The molecule has 0 bridgehead atoms. The fourth-order valence-electron chi connectivity index (χ4n) is 5.50. The summed E-state index contributed by atoms with van der Waals surface area (Å²) in [6.07, 6.45) is 6.47. The highest BCUT2D eigenvalue weighted by atomic mass is 19.1. The summed E-state index contributed by atoms with van der Waals surface area (Å²) in [7, 11) is 0. The number of carbonyl (C=O) groups excluding carboxylic acids is 3. The molecule has 1 aromatic rings. The van der Waals surface area contributed by atoms with Crippen molar-refractivity contribution >= 4 is 18.2 Å². The van der Waals surface area contributed by atoms with Crippen molar-refractivity contribution in [1.29, 1.82) is 0 Å². The van der Waals surface area contributed by atoms with Gasteiger partial charge in [0, 0.05) is 37.3 Å². The molecular weight excluding hydrogens is 494 g/mol. The van der Waals surface area contributed by atoms with Gasteiger partial charge in [0.1, 0.15) is 17.7 Å². The van der Waals surface area contributed by atoms with E-state index in [0.717, 1.165) is 31.7 Å². The monoisotopic (exact) mass is 536 g/mol. The molecule has 1 heterocycles. The lowest BCUT2D eigenvalue weighted by Crippen LogP contribution is -2.58. The summed E-state index contributed by atoms with van der Waals surface area (Å²) in [5.74, 6) is -1.93. The van der Waals surface area contributed by atoms with Gasteiger partial charge in [-0.3, -0.25) is 19.6 Å². The van der Waals surface area contributed by atoms with Gasteiger partial charge in [-0.15, -0.1) is 0 Å². The first-order valence-electron chi connectivity index (χ1n) is 13.6. The number of benzene rings is 1. The number of piperidine rings is 1. The van der Waals surface area contributed by atoms with Crippen LogP contribution in [-0.2, 0) is 20.9 Å². The van der Waals surface area contributed by atoms with Crippen LogP contribution >= 0.6 is 0 Å². The molecule has 1 saturated heterocycles. The number of nitrogens with one attached hydrogen (secondary N) is 2. The van der Waals surface area contributed by atoms with Gasteiger partial charge in [0.05, 0.1) is 12.5 Å². The molecule has 2 atom stereocenters. The van der Waals surface area contributed by atoms with Crippen molar-refractivity contribution < 1.29 is 28.4 Å². The number of hydroxylamine groups is 2. The highest BCUT2D eigenvalue weighted by Gasteiger charge is 2.38. The number of halogens is 2. The molecule has 0 radical (unpaired) electrons. The lowest BCUT2D eigenvalue weighted by atomic mass is 9.84. The Labute approximate surface area is 224 Å². The first-order chi connectivity index (χ1) is 18.0. The summed E-state index contributed by atoms with van der Waals surface area (Å²) in [6.45, 7) is 6.85. The normalized spacial score (nSPS) is 18.7. The third kappa shape index (κ3) is 8.46. The van der Waals surface area contributed by atoms with Crippen LogP contribution in [0.1, 0.15) is 71.3 Å². The molecule has 1 aliphatic heterocycles. The van der Waals surface area contributed by atoms with Crippen molar-refractivity contribution in [1.82, 2.24) is 20.6 Å². The number of amides is 3. The van der Waals surface area contributed by atoms with E-state index in [1.807, 2.05) is 20.8 Å². The van der Waals surface area contributed by atoms with Crippen molar-refractivity contribution in [2.24, 2.45) is 17.3 Å². The van der Waals surface area contributed by atoms with Gasteiger partial charge < -0.3 is 15.5 Å². The molecule has 2 fully saturated rings. The number of carbonyl (C=O) groups is 3. The zero-order chi connectivity index (χ0) is 27.9. The van der Waals surface area contributed by atoms with Crippen LogP contribution in [0, 0.1) is 28.9 Å². The Morgan fingerprint density at radius 2 is 1.82 bits per heavy atom. The van der Waals surface area contributed by atoms with Crippen molar-refractivity contribution in [2.75, 3.05) is 19.6 Å². The Hall–Kier alpha value is -2.59. The Bertz CT molecular complexity index is 957. The van der Waals surface area contributed by atoms with Crippen LogP contribution in [0.4, 0.5) is 8.78 Å². The minimum absolute atomic E-state index is 0.0841. The molecule has 1 saturated carbocycles. The maximum Gasteiger partial charge on any atom is 0.245 e. The average Bonchev–Trinajstić information content (AvgIpc) is 3.38. The summed E-state index contributed by atoms with van der Waals surface area (Å²) in [5, 5.41) is 16.5. The van der Waals surface area contributed by atoms with Gasteiger partial charge in [0.15, 0.2) is 0 Å². The number of likely N-dealkylation sites (tertiary alicyclic amines) is 1. The Morgan fingerprint density at radius 3 is 2.39 bits per heavy atom. The lowest BCUT2D eigenvalue weighted by molar-refractivity contribution is -0.156.